The normalized spacial score (nSPS) is 33.3. The summed E-state index contributed by atoms with van der Waals surface area (Å²) in [7, 11) is 0. The molecular weight excluding hydrogens is 358 g/mol. The number of aliphatic hydroxyl groups excluding tert-OH is 1. The Hall–Kier alpha value is -2.25. The lowest BCUT2D eigenvalue weighted by Crippen LogP contribution is -2.55. The minimum Gasteiger partial charge on any atom is -0.392 e. The fraction of sp³-hybridized carbons (Fsp3) is 0.571. The van der Waals surface area contributed by atoms with Crippen LogP contribution in [0.15, 0.2) is 12.1 Å². The van der Waals surface area contributed by atoms with Crippen LogP contribution < -0.4 is 10.6 Å². The van der Waals surface area contributed by atoms with Crippen molar-refractivity contribution in [2.45, 2.75) is 64.8 Å². The molecule has 0 aromatic heterocycles. The number of nitrogens with zero attached hydrogens (tertiary/aromatic N) is 1. The summed E-state index contributed by atoms with van der Waals surface area (Å²) in [6.45, 7) is 9.24. The van der Waals surface area contributed by atoms with Gasteiger partial charge in [-0.3, -0.25) is 24.6 Å². The van der Waals surface area contributed by atoms with Gasteiger partial charge in [0.25, 0.3) is 0 Å². The molecule has 2 saturated heterocycles. The first kappa shape index (κ1) is 19.1. The third kappa shape index (κ3) is 2.14. The fourth-order valence-corrected chi connectivity index (χ4v) is 5.10. The summed E-state index contributed by atoms with van der Waals surface area (Å²) in [5.41, 5.74) is 2.02. The third-order valence-corrected chi connectivity index (χ3v) is 6.94. The number of aryl methyl sites for hydroxylation is 1. The molecular formula is C21H27N3O4. The zero-order valence-electron chi connectivity index (χ0n) is 16.9. The largest absolute Gasteiger partial charge is 0.392 e. The summed E-state index contributed by atoms with van der Waals surface area (Å²) in [5.74, 6) is -2.59. The van der Waals surface area contributed by atoms with Crippen molar-refractivity contribution in [3.05, 3.63) is 28.8 Å². The lowest BCUT2D eigenvalue weighted by atomic mass is 9.76. The molecule has 0 radical (unpaired) electrons. The Kier molecular flexibility index (Phi) is 4.17. The quantitative estimate of drug-likeness (QED) is 0.679. The summed E-state index contributed by atoms with van der Waals surface area (Å²) in [5, 5.41) is 16.6. The van der Waals surface area contributed by atoms with Gasteiger partial charge in [0.1, 0.15) is 5.54 Å². The Labute approximate surface area is 164 Å². The highest BCUT2D eigenvalue weighted by molar-refractivity contribution is 6.15. The molecule has 1 aromatic carbocycles. The van der Waals surface area contributed by atoms with Gasteiger partial charge in [-0.2, -0.15) is 0 Å². The first-order chi connectivity index (χ1) is 13.2. The van der Waals surface area contributed by atoms with E-state index in [1.807, 2.05) is 39.8 Å². The summed E-state index contributed by atoms with van der Waals surface area (Å²) >= 11 is 0. The lowest BCUT2D eigenvalue weighted by molar-refractivity contribution is -0.145. The van der Waals surface area contributed by atoms with Gasteiger partial charge in [-0.05, 0) is 45.2 Å². The molecule has 7 heteroatoms. The average molecular weight is 385 g/mol. The summed E-state index contributed by atoms with van der Waals surface area (Å²) < 4.78 is 0. The van der Waals surface area contributed by atoms with Crippen LogP contribution >= 0.6 is 0 Å². The highest BCUT2D eigenvalue weighted by Crippen LogP contribution is 2.54. The maximum absolute atomic E-state index is 13.4. The zero-order valence-corrected chi connectivity index (χ0v) is 16.9. The number of hydrogen-bond donors (Lipinski definition) is 3. The van der Waals surface area contributed by atoms with Crippen molar-refractivity contribution in [1.29, 1.82) is 0 Å². The number of rotatable bonds is 3. The number of likely N-dealkylation sites (tertiary alicyclic amines) is 1. The maximum atomic E-state index is 13.4. The zero-order chi connectivity index (χ0) is 20.5. The van der Waals surface area contributed by atoms with Crippen LogP contribution in [0.5, 0.6) is 0 Å². The van der Waals surface area contributed by atoms with Crippen LogP contribution in [0.25, 0.3) is 0 Å². The highest BCUT2D eigenvalue weighted by atomic mass is 16.3. The number of benzene rings is 1. The monoisotopic (exact) mass is 385 g/mol. The minimum atomic E-state index is -1.34. The smallest absolute Gasteiger partial charge is 0.250 e. The maximum Gasteiger partial charge on any atom is 0.250 e. The Morgan fingerprint density at radius 3 is 2.46 bits per heavy atom. The van der Waals surface area contributed by atoms with Crippen molar-refractivity contribution < 1.29 is 19.5 Å². The number of fused-ring (bicyclic) bond motifs is 4. The molecule has 0 unspecified atom stereocenters. The van der Waals surface area contributed by atoms with Crippen molar-refractivity contribution in [1.82, 2.24) is 10.2 Å². The van der Waals surface area contributed by atoms with Gasteiger partial charge in [0, 0.05) is 23.3 Å². The second-order valence-electron chi connectivity index (χ2n) is 8.41. The molecule has 4 rings (SSSR count). The van der Waals surface area contributed by atoms with Crippen LogP contribution in [0.4, 0.5) is 5.69 Å². The Morgan fingerprint density at radius 1 is 1.18 bits per heavy atom. The van der Waals surface area contributed by atoms with E-state index in [1.165, 1.54) is 4.90 Å². The van der Waals surface area contributed by atoms with Crippen LogP contribution in [0, 0.1) is 25.7 Å². The van der Waals surface area contributed by atoms with Gasteiger partial charge in [-0.1, -0.05) is 19.1 Å². The number of aliphatic hydroxyl groups is 1. The van der Waals surface area contributed by atoms with Gasteiger partial charge in [0.05, 0.1) is 17.9 Å². The van der Waals surface area contributed by atoms with E-state index in [0.29, 0.717) is 17.7 Å². The van der Waals surface area contributed by atoms with Crippen LogP contribution in [0.1, 0.15) is 43.9 Å². The van der Waals surface area contributed by atoms with Crippen LogP contribution in [-0.2, 0) is 19.9 Å². The third-order valence-electron chi connectivity index (χ3n) is 6.94. The lowest BCUT2D eigenvalue weighted by Gasteiger charge is -2.31. The molecule has 6 atom stereocenters. The molecule has 3 aliphatic rings. The molecule has 150 valence electrons. The van der Waals surface area contributed by atoms with Crippen LogP contribution in [0.3, 0.4) is 0 Å². The number of carbonyl (C=O) groups excluding carboxylic acids is 3. The molecule has 3 amide bonds. The topological polar surface area (TPSA) is 98.7 Å². The van der Waals surface area contributed by atoms with E-state index in [1.54, 1.807) is 6.92 Å². The number of imide groups is 1. The minimum absolute atomic E-state index is 0.249. The van der Waals surface area contributed by atoms with E-state index in [0.717, 1.165) is 11.1 Å². The van der Waals surface area contributed by atoms with Crippen LogP contribution in [0.2, 0.25) is 0 Å². The molecule has 7 nitrogen and oxygen atoms in total. The fourth-order valence-electron chi connectivity index (χ4n) is 5.10. The number of carbonyl (C=O) groups is 3. The average Bonchev–Trinajstić information content (AvgIpc) is 3.24. The van der Waals surface area contributed by atoms with E-state index in [9.17, 15) is 19.5 Å². The Morgan fingerprint density at radius 2 is 1.86 bits per heavy atom. The van der Waals surface area contributed by atoms with E-state index in [2.05, 4.69) is 10.6 Å². The highest BCUT2D eigenvalue weighted by Gasteiger charge is 2.71. The Bertz CT molecular complexity index is 896. The van der Waals surface area contributed by atoms with Crippen molar-refractivity contribution in [2.75, 3.05) is 5.32 Å². The van der Waals surface area contributed by atoms with E-state index < -0.39 is 29.5 Å². The van der Waals surface area contributed by atoms with Crippen molar-refractivity contribution >= 4 is 23.4 Å². The van der Waals surface area contributed by atoms with Crippen molar-refractivity contribution in [2.24, 2.45) is 11.8 Å². The van der Waals surface area contributed by atoms with Gasteiger partial charge in [0.2, 0.25) is 17.7 Å². The predicted octanol–water partition coefficient (Wildman–Crippen LogP) is 1.20. The Balaban J connectivity index is 1.93. The number of anilines is 1. The first-order valence-electron chi connectivity index (χ1n) is 9.91. The number of hydrogen-bond acceptors (Lipinski definition) is 5. The van der Waals surface area contributed by atoms with Gasteiger partial charge in [-0.25, -0.2) is 0 Å². The molecule has 0 saturated carbocycles. The number of amides is 3. The van der Waals surface area contributed by atoms with Crippen molar-refractivity contribution in [3.63, 3.8) is 0 Å². The van der Waals surface area contributed by atoms with Gasteiger partial charge in [-0.15, -0.1) is 0 Å². The van der Waals surface area contributed by atoms with Gasteiger partial charge >= 0.3 is 0 Å². The second-order valence-corrected chi connectivity index (χ2v) is 8.41. The first-order valence-corrected chi connectivity index (χ1v) is 9.91. The molecule has 1 spiro atoms. The van der Waals surface area contributed by atoms with Crippen molar-refractivity contribution in [3.8, 4) is 0 Å². The molecule has 2 fully saturated rings. The van der Waals surface area contributed by atoms with Gasteiger partial charge < -0.3 is 10.4 Å². The van der Waals surface area contributed by atoms with E-state index >= 15 is 0 Å². The van der Waals surface area contributed by atoms with E-state index in [-0.39, 0.29) is 23.8 Å². The summed E-state index contributed by atoms with van der Waals surface area (Å²) in [6, 6.07) is 2.86. The summed E-state index contributed by atoms with van der Waals surface area (Å²) in [6.07, 6.45) is -0.249. The molecule has 3 N–H and O–H groups in total. The molecule has 0 aliphatic carbocycles. The molecule has 1 aromatic rings. The molecule has 28 heavy (non-hydrogen) atoms. The molecule has 0 bridgehead atoms. The SMILES string of the molecule is CC[C@@H](C)N1C(=O)[C@@H]2[C@H]([C@@H](C)O)N[C@]3(C(=O)Nc4c3ccc(C)c4C)[C@@H]2C1=O. The van der Waals surface area contributed by atoms with Crippen LogP contribution in [-0.4, -0.2) is 45.9 Å². The second kappa shape index (κ2) is 6.12. The predicted molar refractivity (Wildman–Crippen MR) is 103 cm³/mol. The molecule has 3 heterocycles. The number of nitrogens with one attached hydrogen (secondary N) is 2. The standard InChI is InChI=1S/C21H27N3O4/c1-6-10(3)24-18(26)14-15(19(24)27)21(23-17(14)12(5)25)13-8-7-9(2)11(4)16(13)22-20(21)28/h7-8,10,12,14-15,17,23,25H,6H2,1-5H3,(H,22,28)/t10-,12-,14+,15+,17+,21+/m1/s1. The van der Waals surface area contributed by atoms with Gasteiger partial charge in [0.15, 0.2) is 0 Å². The summed E-state index contributed by atoms with van der Waals surface area (Å²) in [4.78, 5) is 41.2. The molecule has 3 aliphatic heterocycles. The van der Waals surface area contributed by atoms with E-state index in [4.69, 9.17) is 0 Å².